The predicted octanol–water partition coefficient (Wildman–Crippen LogP) is 0.672. The number of amides is 1. The van der Waals surface area contributed by atoms with E-state index in [2.05, 4.69) is 25.5 Å². The van der Waals surface area contributed by atoms with Gasteiger partial charge in [-0.15, -0.1) is 10.2 Å². The summed E-state index contributed by atoms with van der Waals surface area (Å²) < 4.78 is 0. The van der Waals surface area contributed by atoms with Gasteiger partial charge in [0.2, 0.25) is 11.0 Å². The summed E-state index contributed by atoms with van der Waals surface area (Å²) in [6, 6.07) is 0. The fourth-order valence-corrected chi connectivity index (χ4v) is 3.06. The van der Waals surface area contributed by atoms with E-state index in [1.165, 1.54) is 11.3 Å². The van der Waals surface area contributed by atoms with Crippen LogP contribution in [0.5, 0.6) is 0 Å². The van der Waals surface area contributed by atoms with Crippen LogP contribution in [0.25, 0.3) is 0 Å². The van der Waals surface area contributed by atoms with E-state index in [0.717, 1.165) is 17.8 Å². The average molecular weight is 321 g/mol. The molecule has 0 aromatic carbocycles. The molecule has 1 fully saturated rings. The molecule has 9 heteroatoms. The van der Waals surface area contributed by atoms with E-state index in [1.807, 2.05) is 0 Å². The first kappa shape index (κ1) is 14.6. The number of nitrogens with one attached hydrogen (secondary N) is 3. The Morgan fingerprint density at radius 2 is 2.09 bits per heavy atom. The van der Waals surface area contributed by atoms with Gasteiger partial charge in [0.1, 0.15) is 5.01 Å². The highest BCUT2D eigenvalue weighted by atomic mass is 32.1. The second kappa shape index (κ2) is 5.84. The Hall–Kier alpha value is -2.29. The van der Waals surface area contributed by atoms with Crippen molar-refractivity contribution in [2.45, 2.75) is 38.5 Å². The van der Waals surface area contributed by atoms with Crippen molar-refractivity contribution in [1.29, 1.82) is 0 Å². The molecule has 1 amide bonds. The van der Waals surface area contributed by atoms with Gasteiger partial charge in [0.15, 0.2) is 0 Å². The minimum atomic E-state index is -0.544. The molecule has 1 saturated carbocycles. The van der Waals surface area contributed by atoms with Crippen LogP contribution in [0.1, 0.15) is 41.4 Å². The molecule has 0 saturated heterocycles. The van der Waals surface area contributed by atoms with Gasteiger partial charge >= 0.3 is 5.69 Å². The van der Waals surface area contributed by atoms with Crippen LogP contribution in [0.4, 0.5) is 5.13 Å². The van der Waals surface area contributed by atoms with Crippen LogP contribution in [0.15, 0.2) is 9.59 Å². The summed E-state index contributed by atoms with van der Waals surface area (Å²) in [7, 11) is 0. The Balaban J connectivity index is 1.60. The molecule has 0 spiro atoms. The molecule has 0 aliphatic heterocycles. The third-order valence-corrected chi connectivity index (χ3v) is 4.47. The molecule has 0 unspecified atom stereocenters. The summed E-state index contributed by atoms with van der Waals surface area (Å²) in [6.45, 7) is 1.64. The number of carbonyl (C=O) groups excluding carboxylic acids is 1. The molecule has 116 valence electrons. The first-order valence-electron chi connectivity index (χ1n) is 6.98. The normalized spacial score (nSPS) is 14.0. The number of carbonyl (C=O) groups is 1. The van der Waals surface area contributed by atoms with Gasteiger partial charge in [-0.05, 0) is 26.2 Å². The summed E-state index contributed by atoms with van der Waals surface area (Å²) in [5, 5.41) is 12.1. The maximum Gasteiger partial charge on any atom is 0.325 e. The van der Waals surface area contributed by atoms with Crippen LogP contribution in [-0.2, 0) is 11.2 Å². The van der Waals surface area contributed by atoms with Crippen LogP contribution >= 0.6 is 11.3 Å². The van der Waals surface area contributed by atoms with Crippen LogP contribution in [0.2, 0.25) is 0 Å². The minimum absolute atomic E-state index is 0.133. The molecule has 0 radical (unpaired) electrons. The van der Waals surface area contributed by atoms with Crippen molar-refractivity contribution in [3.63, 3.8) is 0 Å². The molecular formula is C13H15N5O3S. The minimum Gasteiger partial charge on any atom is -0.311 e. The fourth-order valence-electron chi connectivity index (χ4n) is 2.13. The number of hydrogen-bond donors (Lipinski definition) is 3. The number of anilines is 1. The SMILES string of the molecule is Cc1[nH]c(=O)[nH]c(=O)c1CCC(=O)Nc1nnc(C2CC2)s1. The van der Waals surface area contributed by atoms with Gasteiger partial charge in [-0.1, -0.05) is 11.3 Å². The molecule has 0 bridgehead atoms. The molecule has 3 N–H and O–H groups in total. The zero-order chi connectivity index (χ0) is 15.7. The lowest BCUT2D eigenvalue weighted by Crippen LogP contribution is -2.27. The first-order valence-corrected chi connectivity index (χ1v) is 7.80. The summed E-state index contributed by atoms with van der Waals surface area (Å²) in [6.07, 6.45) is 2.65. The predicted molar refractivity (Wildman–Crippen MR) is 81.3 cm³/mol. The van der Waals surface area contributed by atoms with Gasteiger partial charge in [0.25, 0.3) is 5.56 Å². The Morgan fingerprint density at radius 3 is 2.77 bits per heavy atom. The number of rotatable bonds is 5. The Labute approximate surface area is 129 Å². The van der Waals surface area contributed by atoms with Crippen molar-refractivity contribution in [1.82, 2.24) is 20.2 Å². The van der Waals surface area contributed by atoms with E-state index in [4.69, 9.17) is 0 Å². The maximum absolute atomic E-state index is 11.9. The van der Waals surface area contributed by atoms with Crippen molar-refractivity contribution >= 4 is 22.4 Å². The van der Waals surface area contributed by atoms with E-state index in [9.17, 15) is 14.4 Å². The Morgan fingerprint density at radius 1 is 1.32 bits per heavy atom. The molecule has 0 atom stereocenters. The lowest BCUT2D eigenvalue weighted by atomic mass is 10.1. The third kappa shape index (κ3) is 3.30. The molecule has 3 rings (SSSR count). The molecule has 22 heavy (non-hydrogen) atoms. The smallest absolute Gasteiger partial charge is 0.311 e. The standard InChI is InChI=1S/C13H15N5O3S/c1-6-8(10(20)16-12(21)14-6)4-5-9(19)15-13-18-17-11(22-13)7-2-3-7/h7H,2-5H2,1H3,(H,15,18,19)(H2,14,16,20,21). The van der Waals surface area contributed by atoms with E-state index in [-0.39, 0.29) is 18.7 Å². The number of hydrogen-bond acceptors (Lipinski definition) is 6. The Kier molecular flexibility index (Phi) is 3.88. The van der Waals surface area contributed by atoms with E-state index in [0.29, 0.717) is 22.3 Å². The van der Waals surface area contributed by atoms with Crippen molar-refractivity contribution in [2.24, 2.45) is 0 Å². The molecule has 1 aliphatic carbocycles. The van der Waals surface area contributed by atoms with Crippen molar-refractivity contribution in [2.75, 3.05) is 5.32 Å². The first-order chi connectivity index (χ1) is 10.5. The van der Waals surface area contributed by atoms with Crippen LogP contribution in [0, 0.1) is 6.92 Å². The topological polar surface area (TPSA) is 121 Å². The Bertz CT molecular complexity index is 818. The zero-order valence-corrected chi connectivity index (χ0v) is 12.7. The summed E-state index contributed by atoms with van der Waals surface area (Å²) in [5.41, 5.74) is -0.114. The molecular weight excluding hydrogens is 306 g/mol. The van der Waals surface area contributed by atoms with Crippen LogP contribution in [0.3, 0.4) is 0 Å². The maximum atomic E-state index is 11.9. The van der Waals surface area contributed by atoms with Crippen molar-refractivity contribution < 1.29 is 4.79 Å². The van der Waals surface area contributed by atoms with Gasteiger partial charge < -0.3 is 10.3 Å². The van der Waals surface area contributed by atoms with E-state index < -0.39 is 11.2 Å². The molecule has 1 aliphatic rings. The molecule has 2 aromatic rings. The van der Waals surface area contributed by atoms with E-state index >= 15 is 0 Å². The zero-order valence-electron chi connectivity index (χ0n) is 11.9. The van der Waals surface area contributed by atoms with Gasteiger partial charge in [0.05, 0.1) is 0 Å². The molecule has 2 aromatic heterocycles. The van der Waals surface area contributed by atoms with Crippen molar-refractivity contribution in [3.8, 4) is 0 Å². The second-order valence-electron chi connectivity index (χ2n) is 5.28. The fraction of sp³-hybridized carbons (Fsp3) is 0.462. The lowest BCUT2D eigenvalue weighted by molar-refractivity contribution is -0.116. The largest absolute Gasteiger partial charge is 0.325 e. The average Bonchev–Trinajstić information content (AvgIpc) is 3.18. The molecule has 8 nitrogen and oxygen atoms in total. The highest BCUT2D eigenvalue weighted by Gasteiger charge is 2.27. The quantitative estimate of drug-likeness (QED) is 0.747. The van der Waals surface area contributed by atoms with Crippen LogP contribution < -0.4 is 16.6 Å². The number of H-pyrrole nitrogens is 2. The van der Waals surface area contributed by atoms with Crippen molar-refractivity contribution in [3.05, 3.63) is 37.1 Å². The molecule has 2 heterocycles. The number of nitrogens with zero attached hydrogens (tertiary/aromatic N) is 2. The lowest BCUT2D eigenvalue weighted by Gasteiger charge is -2.03. The third-order valence-electron chi connectivity index (χ3n) is 3.47. The van der Waals surface area contributed by atoms with Gasteiger partial charge in [-0.3, -0.25) is 14.6 Å². The monoisotopic (exact) mass is 321 g/mol. The van der Waals surface area contributed by atoms with E-state index in [1.54, 1.807) is 6.92 Å². The summed E-state index contributed by atoms with van der Waals surface area (Å²) in [5.74, 6) is 0.272. The van der Waals surface area contributed by atoms with Gasteiger partial charge in [-0.2, -0.15) is 0 Å². The summed E-state index contributed by atoms with van der Waals surface area (Å²) >= 11 is 1.39. The van der Waals surface area contributed by atoms with Crippen LogP contribution in [-0.4, -0.2) is 26.1 Å². The highest BCUT2D eigenvalue weighted by Crippen LogP contribution is 2.42. The number of aryl methyl sites for hydroxylation is 1. The van der Waals surface area contributed by atoms with Gasteiger partial charge in [-0.25, -0.2) is 4.79 Å². The number of aromatic amines is 2. The van der Waals surface area contributed by atoms with Gasteiger partial charge in [0, 0.05) is 23.6 Å². The highest BCUT2D eigenvalue weighted by molar-refractivity contribution is 7.15. The number of aromatic nitrogens is 4. The summed E-state index contributed by atoms with van der Waals surface area (Å²) in [4.78, 5) is 39.4. The second-order valence-corrected chi connectivity index (χ2v) is 6.29.